The first-order valence-electron chi connectivity index (χ1n) is 19.5. The van der Waals surface area contributed by atoms with Crippen LogP contribution in [0.15, 0.2) is 48.8 Å². The molecule has 14 heteroatoms. The van der Waals surface area contributed by atoms with Gasteiger partial charge in [-0.2, -0.15) is 5.48 Å². The monoisotopic (exact) mass is 750 g/mol. The maximum absolute atomic E-state index is 13.6. The van der Waals surface area contributed by atoms with Crippen molar-refractivity contribution in [3.05, 3.63) is 54.6 Å². The fourth-order valence-corrected chi connectivity index (χ4v) is 8.17. The van der Waals surface area contributed by atoms with Crippen molar-refractivity contribution in [2.45, 2.75) is 84.1 Å². The van der Waals surface area contributed by atoms with Crippen molar-refractivity contribution >= 4 is 56.1 Å². The molecule has 1 saturated heterocycles. The fourth-order valence-electron chi connectivity index (χ4n) is 8.17. The van der Waals surface area contributed by atoms with Crippen molar-refractivity contribution in [3.63, 3.8) is 0 Å². The second kappa shape index (κ2) is 16.4. The molecule has 14 nitrogen and oxygen atoms in total. The maximum atomic E-state index is 13.6. The van der Waals surface area contributed by atoms with Crippen molar-refractivity contribution in [2.24, 2.45) is 23.5 Å². The third-order valence-electron chi connectivity index (χ3n) is 11.3. The number of alkyl carbamates (subject to hydrolysis) is 1. The van der Waals surface area contributed by atoms with Crippen LogP contribution in [0, 0.1) is 17.8 Å². The first kappa shape index (κ1) is 38.2. The number of anilines is 2. The zero-order valence-corrected chi connectivity index (χ0v) is 32.6. The molecule has 5 heterocycles. The summed E-state index contributed by atoms with van der Waals surface area (Å²) in [5, 5.41) is 14.4. The van der Waals surface area contributed by atoms with E-state index in [0.29, 0.717) is 13.1 Å². The number of pyridine rings is 2. The summed E-state index contributed by atoms with van der Waals surface area (Å²) in [7, 11) is 2.93. The topological polar surface area (TPSA) is 184 Å². The number of aromatic amines is 1. The summed E-state index contributed by atoms with van der Waals surface area (Å²) in [6.07, 6.45) is 7.59. The van der Waals surface area contributed by atoms with Gasteiger partial charge in [0.15, 0.2) is 5.82 Å². The van der Waals surface area contributed by atoms with Gasteiger partial charge >= 0.3 is 6.09 Å². The summed E-state index contributed by atoms with van der Waals surface area (Å²) in [4.78, 5) is 51.1. The van der Waals surface area contributed by atoms with E-state index in [4.69, 9.17) is 30.3 Å². The molecule has 7 rings (SSSR count). The number of fused-ring (bicyclic) bond motifs is 6. The second-order valence-electron chi connectivity index (χ2n) is 15.6. The molecule has 0 bridgehead atoms. The summed E-state index contributed by atoms with van der Waals surface area (Å²) in [6.45, 7) is 9.52. The van der Waals surface area contributed by atoms with Crippen molar-refractivity contribution < 1.29 is 19.2 Å². The number of carbonyl (C=O) groups is 2. The Kier molecular flexibility index (Phi) is 11.4. The fraction of sp³-hybridized carbons (Fsp3) is 0.488. The van der Waals surface area contributed by atoms with Gasteiger partial charge in [0.2, 0.25) is 5.91 Å². The number of carbonyl (C=O) groups excluding carboxylic acids is 2. The highest BCUT2D eigenvalue weighted by Gasteiger charge is 2.37. The van der Waals surface area contributed by atoms with E-state index in [1.54, 1.807) is 7.11 Å². The van der Waals surface area contributed by atoms with E-state index >= 15 is 0 Å². The Balaban J connectivity index is 1.12. The number of hydrogen-bond donors (Lipinski definition) is 6. The van der Waals surface area contributed by atoms with E-state index in [0.717, 1.165) is 93.3 Å². The van der Waals surface area contributed by atoms with Crippen LogP contribution in [0.2, 0.25) is 0 Å². The third kappa shape index (κ3) is 7.76. The lowest BCUT2D eigenvalue weighted by Crippen LogP contribution is -2.48. The highest BCUT2D eigenvalue weighted by atomic mass is 16.6. The lowest BCUT2D eigenvalue weighted by Gasteiger charge is -2.30. The number of rotatable bonds is 14. The lowest BCUT2D eigenvalue weighted by atomic mass is 9.87. The van der Waals surface area contributed by atoms with Gasteiger partial charge < -0.3 is 41.1 Å². The van der Waals surface area contributed by atoms with Gasteiger partial charge in [-0.25, -0.2) is 14.8 Å². The van der Waals surface area contributed by atoms with Gasteiger partial charge in [0, 0.05) is 46.7 Å². The number of likely N-dealkylation sites (tertiary alicyclic amines) is 1. The summed E-state index contributed by atoms with van der Waals surface area (Å²) >= 11 is 0. The van der Waals surface area contributed by atoms with Crippen LogP contribution in [0.4, 0.5) is 16.3 Å². The van der Waals surface area contributed by atoms with E-state index < -0.39 is 12.1 Å². The number of nitrogens with zero attached hydrogens (tertiary/aromatic N) is 4. The van der Waals surface area contributed by atoms with Crippen molar-refractivity contribution in [1.82, 2.24) is 35.6 Å². The van der Waals surface area contributed by atoms with Crippen LogP contribution >= 0.6 is 0 Å². The number of hydrogen-bond acceptors (Lipinski definition) is 11. The first-order chi connectivity index (χ1) is 26.6. The van der Waals surface area contributed by atoms with Crippen LogP contribution < -0.4 is 27.2 Å². The number of ether oxygens (including phenoxy) is 1. The van der Waals surface area contributed by atoms with Crippen LogP contribution in [-0.4, -0.2) is 82.4 Å². The maximum Gasteiger partial charge on any atom is 0.407 e. The molecule has 2 amide bonds. The summed E-state index contributed by atoms with van der Waals surface area (Å²) in [6, 6.07) is 12.0. The number of aromatic nitrogens is 4. The van der Waals surface area contributed by atoms with Crippen LogP contribution in [0.25, 0.3) is 43.8 Å². The molecule has 3 aromatic heterocycles. The van der Waals surface area contributed by atoms with Crippen molar-refractivity contribution in [1.29, 1.82) is 0 Å². The molecule has 292 valence electrons. The first-order valence-corrected chi connectivity index (χ1v) is 19.5. The third-order valence-corrected chi connectivity index (χ3v) is 11.3. The number of imidazole rings is 1. The SMILES string of the molecule is CON[C@H](C(=O)N1CCC[C@H]1c1nc2ccc3cc(-c4cc5cnc6c(c5cn4)NC([C@H](CCCN)C[C@@H](NC(=O)OC)C(C)C)N6)ccc3c2[nH]1)C(C)C. The van der Waals surface area contributed by atoms with E-state index in [9.17, 15) is 9.59 Å². The minimum Gasteiger partial charge on any atom is -0.453 e. The number of methoxy groups -OCH3 is 1. The number of hydroxylamine groups is 1. The highest BCUT2D eigenvalue weighted by molar-refractivity contribution is 6.06. The second-order valence-corrected chi connectivity index (χ2v) is 15.6. The number of benzene rings is 2. The molecule has 2 aromatic carbocycles. The zero-order valence-electron chi connectivity index (χ0n) is 32.6. The van der Waals surface area contributed by atoms with Crippen molar-refractivity contribution in [2.75, 3.05) is 37.9 Å². The smallest absolute Gasteiger partial charge is 0.407 e. The largest absolute Gasteiger partial charge is 0.453 e. The number of nitrogens with two attached hydrogens (primary N) is 1. The molecule has 0 saturated carbocycles. The van der Waals surface area contributed by atoms with Crippen LogP contribution in [0.5, 0.6) is 0 Å². The Morgan fingerprint density at radius 1 is 1.00 bits per heavy atom. The molecule has 7 N–H and O–H groups in total. The van der Waals surface area contributed by atoms with Gasteiger partial charge in [-0.15, -0.1) is 0 Å². The molecule has 0 radical (unpaired) electrons. The minimum atomic E-state index is -0.427. The van der Waals surface area contributed by atoms with Gasteiger partial charge in [0.25, 0.3) is 0 Å². The molecule has 5 atom stereocenters. The molecule has 1 unspecified atom stereocenters. The minimum absolute atomic E-state index is 0.0284. The van der Waals surface area contributed by atoms with E-state index in [-0.39, 0.29) is 41.9 Å². The molecule has 1 fully saturated rings. The van der Waals surface area contributed by atoms with Crippen LogP contribution in [-0.2, 0) is 14.4 Å². The molecule has 2 aliphatic rings. The molecule has 0 spiro atoms. The normalized spacial score (nSPS) is 18.5. The molecule has 5 aromatic rings. The average Bonchev–Trinajstić information content (AvgIpc) is 3.96. The highest BCUT2D eigenvalue weighted by Crippen LogP contribution is 2.39. The van der Waals surface area contributed by atoms with Gasteiger partial charge in [-0.1, -0.05) is 45.9 Å². The quantitative estimate of drug-likeness (QED) is 0.0686. The van der Waals surface area contributed by atoms with E-state index in [1.807, 2.05) is 37.2 Å². The lowest BCUT2D eigenvalue weighted by molar-refractivity contribution is -0.139. The van der Waals surface area contributed by atoms with E-state index in [1.165, 1.54) is 7.11 Å². The van der Waals surface area contributed by atoms with E-state index in [2.05, 4.69) is 70.6 Å². The van der Waals surface area contributed by atoms with Crippen LogP contribution in [0.1, 0.15) is 71.7 Å². The average molecular weight is 751 g/mol. The van der Waals surface area contributed by atoms with Gasteiger partial charge in [0.1, 0.15) is 18.0 Å². The Hall–Kier alpha value is -5.05. The molecule has 55 heavy (non-hydrogen) atoms. The Labute approximate surface area is 321 Å². The van der Waals surface area contributed by atoms with Gasteiger partial charge in [-0.05, 0) is 80.0 Å². The molecule has 2 aliphatic heterocycles. The molecule has 0 aliphatic carbocycles. The number of amides is 2. The molecular weight excluding hydrogens is 697 g/mol. The summed E-state index contributed by atoms with van der Waals surface area (Å²) < 4.78 is 4.91. The Morgan fingerprint density at radius 3 is 2.58 bits per heavy atom. The summed E-state index contributed by atoms with van der Waals surface area (Å²) in [5.74, 6) is 2.11. The summed E-state index contributed by atoms with van der Waals surface area (Å²) in [5.41, 5.74) is 13.4. The predicted molar refractivity (Wildman–Crippen MR) is 216 cm³/mol. The van der Waals surface area contributed by atoms with Crippen LogP contribution in [0.3, 0.4) is 0 Å². The van der Waals surface area contributed by atoms with Crippen molar-refractivity contribution in [3.8, 4) is 11.3 Å². The standard InChI is InChI=1S/C41H54N10O4/c1-22(2)31(46-41(53)54-5)18-26(9-7-15-42)37-48-36-29-21-43-32(19-27(29)20-44-39(36)49-37)25-11-13-28-24(17-25)12-14-30-35(28)47-38(45-30)33-10-8-16-51(33)40(52)34(23(3)4)50-55-6/h11-14,17,19-23,26,31,33-34,37,48,50H,7-10,15-16,18,42H2,1-6H3,(H,44,49)(H,45,47)(H,46,53)/t26-,31-,33+,34+,37?/m1/s1. The van der Waals surface area contributed by atoms with Gasteiger partial charge in [0.05, 0.1) is 42.7 Å². The Bertz CT molecular complexity index is 2170. The number of nitrogens with one attached hydrogen (secondary N) is 5. The number of H-pyrrole nitrogens is 1. The Morgan fingerprint density at radius 2 is 1.84 bits per heavy atom. The molecular formula is C41H54N10O4. The predicted octanol–water partition coefficient (Wildman–Crippen LogP) is 6.45. The van der Waals surface area contributed by atoms with Gasteiger partial charge in [-0.3, -0.25) is 9.78 Å². The zero-order chi connectivity index (χ0) is 38.8.